The summed E-state index contributed by atoms with van der Waals surface area (Å²) in [6.07, 6.45) is 5.62. The molecule has 3 N–H and O–H groups in total. The summed E-state index contributed by atoms with van der Waals surface area (Å²) in [6, 6.07) is 4.58. The molecule has 3 aromatic heterocycles. The van der Waals surface area contributed by atoms with Crippen LogP contribution < -0.4 is 15.4 Å². The van der Waals surface area contributed by atoms with Crippen LogP contribution in [-0.2, 0) is 11.8 Å². The van der Waals surface area contributed by atoms with Crippen molar-refractivity contribution >= 4 is 34.1 Å². The Morgan fingerprint density at radius 1 is 1.24 bits per heavy atom. The highest BCUT2D eigenvalue weighted by Gasteiger charge is 2.50. The highest BCUT2D eigenvalue weighted by Crippen LogP contribution is 2.37. The molecule has 2 saturated heterocycles. The zero-order valence-corrected chi connectivity index (χ0v) is 23.4. The zero-order valence-electron chi connectivity index (χ0n) is 23.4. The quantitative estimate of drug-likeness (QED) is 0.310. The summed E-state index contributed by atoms with van der Waals surface area (Å²) >= 11 is 0. The Morgan fingerprint density at radius 2 is 2.07 bits per heavy atom. The maximum Gasteiger partial charge on any atom is 0.262 e. The Morgan fingerprint density at radius 3 is 2.83 bits per heavy atom. The summed E-state index contributed by atoms with van der Waals surface area (Å²) in [5.41, 5.74) is 4.22. The zero-order chi connectivity index (χ0) is 28.9. The summed E-state index contributed by atoms with van der Waals surface area (Å²) in [6.45, 7) is 3.04. The summed E-state index contributed by atoms with van der Waals surface area (Å²) in [7, 11) is 5.31. The van der Waals surface area contributed by atoms with E-state index in [2.05, 4.69) is 30.6 Å². The molecule has 11 nitrogen and oxygen atoms in total. The first-order valence-electron chi connectivity index (χ1n) is 13.5. The molecule has 0 radical (unpaired) electrons. The van der Waals surface area contributed by atoms with Gasteiger partial charge in [0.15, 0.2) is 0 Å². The molecule has 2 fully saturated rings. The number of anilines is 3. The summed E-state index contributed by atoms with van der Waals surface area (Å²) in [4.78, 5) is 29.7. The molecule has 6 rings (SSSR count). The fraction of sp³-hybridized carbons (Fsp3) is 0.429. The van der Waals surface area contributed by atoms with Gasteiger partial charge in [0.25, 0.3) is 11.8 Å². The number of benzene rings is 1. The second-order valence-corrected chi connectivity index (χ2v) is 10.9. The number of aryl methyl sites for hydroxylation is 2. The van der Waals surface area contributed by atoms with Crippen LogP contribution in [0.5, 0.6) is 5.88 Å². The number of aromatic nitrogens is 5. The molecule has 1 amide bonds. The lowest BCUT2D eigenvalue weighted by Crippen LogP contribution is -2.46. The van der Waals surface area contributed by atoms with Crippen LogP contribution in [0.2, 0.25) is 0 Å². The lowest BCUT2D eigenvalue weighted by Gasteiger charge is -2.29. The molecule has 2 aliphatic heterocycles. The molecule has 0 aliphatic carbocycles. The monoisotopic (exact) mass is 565 g/mol. The third-order valence-electron chi connectivity index (χ3n) is 7.88. The first-order valence-corrected chi connectivity index (χ1v) is 13.5. The number of halogens is 2. The largest absolute Gasteiger partial charge is 0.478 e. The van der Waals surface area contributed by atoms with Gasteiger partial charge in [0.05, 0.1) is 42.8 Å². The van der Waals surface area contributed by atoms with Gasteiger partial charge in [-0.2, -0.15) is 0 Å². The smallest absolute Gasteiger partial charge is 0.262 e. The molecular formula is C28H33F2N9O2. The van der Waals surface area contributed by atoms with E-state index in [9.17, 15) is 13.6 Å². The fourth-order valence-corrected chi connectivity index (χ4v) is 5.92. The lowest BCUT2D eigenvalue weighted by molar-refractivity contribution is -0.121. The number of likely N-dealkylation sites (N-methyl/N-ethyl adjacent to an activating group) is 1. The number of para-hydroxylation sites is 1. The highest BCUT2D eigenvalue weighted by molar-refractivity contribution is 6.06. The molecule has 1 aromatic carbocycles. The second-order valence-electron chi connectivity index (χ2n) is 10.9. The minimum absolute atomic E-state index is 0.0628. The summed E-state index contributed by atoms with van der Waals surface area (Å²) in [5.74, 6) is -2.53. The number of alkyl halides is 2. The average molecular weight is 566 g/mol. The van der Waals surface area contributed by atoms with E-state index in [4.69, 9.17) is 9.72 Å². The van der Waals surface area contributed by atoms with Crippen molar-refractivity contribution in [3.05, 3.63) is 42.4 Å². The minimum atomic E-state index is -2.90. The number of nitrogens with zero attached hydrogens (tertiary/aromatic N) is 6. The SMILES string of the molecule is COc1nn(C)cc1Nc1ncc(C)c(-c2c[nH]c3c(NC(=O)C4CC(F)(F)CN4[C@@H]4CCN(C)C4)cccc23)n1. The number of hydrogen-bond donors (Lipinski definition) is 3. The van der Waals surface area contributed by atoms with Gasteiger partial charge in [-0.1, -0.05) is 12.1 Å². The molecule has 0 bridgehead atoms. The Hall–Kier alpha value is -4.10. The number of ether oxygens (including phenoxy) is 1. The van der Waals surface area contributed by atoms with Crippen LogP contribution in [0.1, 0.15) is 18.4 Å². The predicted octanol–water partition coefficient (Wildman–Crippen LogP) is 3.77. The van der Waals surface area contributed by atoms with Gasteiger partial charge < -0.3 is 25.3 Å². The van der Waals surface area contributed by atoms with Crippen LogP contribution >= 0.6 is 0 Å². The maximum absolute atomic E-state index is 14.5. The van der Waals surface area contributed by atoms with Crippen molar-refractivity contribution in [1.82, 2.24) is 34.5 Å². The van der Waals surface area contributed by atoms with E-state index < -0.39 is 30.8 Å². The standard InChI is InChI=1S/C28H33F2N9O2/c1-16-11-32-27(34-21-14-38(3)36-26(21)41-4)35-23(16)19-12-31-24-18(19)6-5-7-20(24)33-25(40)22-10-28(29,30)15-39(22)17-8-9-37(2)13-17/h5-7,11-12,14,17,22,31H,8-10,13,15H2,1-4H3,(H,33,40)(H,32,34,35)/t17-,22?/m1/s1. The number of hydrogen-bond acceptors (Lipinski definition) is 8. The van der Waals surface area contributed by atoms with E-state index in [1.807, 2.05) is 32.3 Å². The number of methoxy groups -OCH3 is 1. The molecule has 216 valence electrons. The molecule has 41 heavy (non-hydrogen) atoms. The van der Waals surface area contributed by atoms with Crippen molar-refractivity contribution in [1.29, 1.82) is 0 Å². The first-order chi connectivity index (χ1) is 19.6. The van der Waals surface area contributed by atoms with Gasteiger partial charge in [0, 0.05) is 49.4 Å². The molecule has 0 spiro atoms. The third-order valence-corrected chi connectivity index (χ3v) is 7.88. The van der Waals surface area contributed by atoms with Gasteiger partial charge in [0.2, 0.25) is 11.9 Å². The molecule has 0 saturated carbocycles. The molecule has 1 unspecified atom stereocenters. The number of fused-ring (bicyclic) bond motifs is 1. The van der Waals surface area contributed by atoms with Crippen LogP contribution in [0.25, 0.3) is 22.2 Å². The van der Waals surface area contributed by atoms with Crippen LogP contribution in [0.4, 0.5) is 26.1 Å². The minimum Gasteiger partial charge on any atom is -0.478 e. The van der Waals surface area contributed by atoms with E-state index in [0.29, 0.717) is 41.0 Å². The average Bonchev–Trinajstić information content (AvgIpc) is 3.70. The lowest BCUT2D eigenvalue weighted by atomic mass is 10.1. The summed E-state index contributed by atoms with van der Waals surface area (Å²) < 4.78 is 36.0. The van der Waals surface area contributed by atoms with Crippen molar-refractivity contribution < 1.29 is 18.3 Å². The van der Waals surface area contributed by atoms with Gasteiger partial charge in [-0.3, -0.25) is 14.4 Å². The topological polar surface area (TPSA) is 116 Å². The molecule has 13 heteroatoms. The second kappa shape index (κ2) is 10.4. The maximum atomic E-state index is 14.5. The number of H-pyrrole nitrogens is 1. The van der Waals surface area contributed by atoms with Crippen molar-refractivity contribution in [3.8, 4) is 17.1 Å². The van der Waals surface area contributed by atoms with Gasteiger partial charge in [0.1, 0.15) is 5.69 Å². The van der Waals surface area contributed by atoms with Crippen LogP contribution in [0.3, 0.4) is 0 Å². The number of aromatic amines is 1. The number of carbonyl (C=O) groups is 1. The number of nitrogens with one attached hydrogen (secondary N) is 3. The van der Waals surface area contributed by atoms with E-state index >= 15 is 0 Å². The Labute approximate surface area is 235 Å². The van der Waals surface area contributed by atoms with Gasteiger partial charge in [-0.25, -0.2) is 18.7 Å². The third kappa shape index (κ3) is 5.22. The molecule has 2 aliphatic rings. The predicted molar refractivity (Wildman–Crippen MR) is 152 cm³/mol. The highest BCUT2D eigenvalue weighted by atomic mass is 19.3. The Bertz CT molecular complexity index is 1600. The van der Waals surface area contributed by atoms with Crippen molar-refractivity contribution in [2.75, 3.05) is 44.4 Å². The van der Waals surface area contributed by atoms with E-state index in [0.717, 1.165) is 29.5 Å². The van der Waals surface area contributed by atoms with E-state index in [-0.39, 0.29) is 6.04 Å². The Kier molecular flexibility index (Phi) is 6.86. The van der Waals surface area contributed by atoms with Gasteiger partial charge in [-0.15, -0.1) is 5.10 Å². The van der Waals surface area contributed by atoms with Gasteiger partial charge >= 0.3 is 0 Å². The van der Waals surface area contributed by atoms with Crippen molar-refractivity contribution in [2.24, 2.45) is 7.05 Å². The number of carbonyl (C=O) groups excluding carboxylic acids is 1. The van der Waals surface area contributed by atoms with E-state index in [1.54, 1.807) is 42.2 Å². The summed E-state index contributed by atoms with van der Waals surface area (Å²) in [5, 5.41) is 11.2. The molecule has 4 aromatic rings. The fourth-order valence-electron chi connectivity index (χ4n) is 5.92. The number of rotatable bonds is 7. The van der Waals surface area contributed by atoms with Crippen LogP contribution in [0, 0.1) is 6.92 Å². The number of amides is 1. The van der Waals surface area contributed by atoms with Gasteiger partial charge in [-0.05, 0) is 38.6 Å². The molecular weight excluding hydrogens is 532 g/mol. The molecule has 5 heterocycles. The Balaban J connectivity index is 1.27. The molecule has 2 atom stereocenters. The van der Waals surface area contributed by atoms with Crippen LogP contribution in [-0.4, -0.2) is 92.2 Å². The number of likely N-dealkylation sites (tertiary alicyclic amines) is 2. The van der Waals surface area contributed by atoms with Crippen molar-refractivity contribution in [3.63, 3.8) is 0 Å². The van der Waals surface area contributed by atoms with Crippen LogP contribution in [0.15, 0.2) is 36.8 Å². The normalized spacial score (nSPS) is 21.0. The van der Waals surface area contributed by atoms with E-state index in [1.165, 1.54) is 0 Å². The first kappa shape index (κ1) is 27.1. The van der Waals surface area contributed by atoms with Crippen molar-refractivity contribution in [2.45, 2.75) is 37.8 Å².